The number of rotatable bonds is 2. The first kappa shape index (κ1) is 11.4. The zero-order valence-electron chi connectivity index (χ0n) is 8.52. The summed E-state index contributed by atoms with van der Waals surface area (Å²) < 4.78 is 18.6. The second kappa shape index (κ2) is 4.81. The molecule has 17 heavy (non-hydrogen) atoms. The number of pyridine rings is 1. The Labute approximate surface area is 102 Å². The third kappa shape index (κ3) is 2.52. The molecule has 0 radical (unpaired) electrons. The minimum absolute atomic E-state index is 0.184. The van der Waals surface area contributed by atoms with Crippen LogP contribution in [0.2, 0.25) is 5.02 Å². The van der Waals surface area contributed by atoms with Gasteiger partial charge in [0.15, 0.2) is 5.82 Å². The third-order valence-electron chi connectivity index (χ3n) is 1.99. The maximum atomic E-state index is 13.4. The largest absolute Gasteiger partial charge is 0.435 e. The molecule has 0 N–H and O–H groups in total. The summed E-state index contributed by atoms with van der Waals surface area (Å²) in [5.41, 5.74) is 0.309. The van der Waals surface area contributed by atoms with E-state index in [1.165, 1.54) is 6.20 Å². The van der Waals surface area contributed by atoms with Gasteiger partial charge in [-0.15, -0.1) is 0 Å². The minimum atomic E-state index is -0.676. The smallest absolute Gasteiger partial charge is 0.256 e. The Hall–Kier alpha value is -2.12. The number of ether oxygens (including phenoxy) is 1. The quantitative estimate of drug-likeness (QED) is 0.817. The van der Waals surface area contributed by atoms with E-state index >= 15 is 0 Å². The SMILES string of the molecule is N#Cc1ccccc1Oc1ncc(Cl)cc1F. The van der Waals surface area contributed by atoms with Gasteiger partial charge in [-0.2, -0.15) is 5.26 Å². The van der Waals surface area contributed by atoms with Gasteiger partial charge in [-0.3, -0.25) is 0 Å². The lowest BCUT2D eigenvalue weighted by Gasteiger charge is -2.06. The van der Waals surface area contributed by atoms with Crippen LogP contribution in [-0.2, 0) is 0 Å². The third-order valence-corrected chi connectivity index (χ3v) is 2.19. The monoisotopic (exact) mass is 248 g/mol. The van der Waals surface area contributed by atoms with Crippen molar-refractivity contribution in [3.63, 3.8) is 0 Å². The van der Waals surface area contributed by atoms with Gasteiger partial charge in [-0.1, -0.05) is 23.7 Å². The lowest BCUT2D eigenvalue weighted by atomic mass is 10.2. The molecule has 2 rings (SSSR count). The summed E-state index contributed by atoms with van der Waals surface area (Å²) in [6.07, 6.45) is 1.27. The number of aromatic nitrogens is 1. The van der Waals surface area contributed by atoms with E-state index < -0.39 is 5.82 Å². The summed E-state index contributed by atoms with van der Waals surface area (Å²) >= 11 is 5.57. The molecule has 84 valence electrons. The average molecular weight is 249 g/mol. The van der Waals surface area contributed by atoms with Gasteiger partial charge in [-0.05, 0) is 18.2 Å². The van der Waals surface area contributed by atoms with Gasteiger partial charge in [0.1, 0.15) is 11.8 Å². The molecular weight excluding hydrogens is 243 g/mol. The van der Waals surface area contributed by atoms with Crippen LogP contribution in [0.1, 0.15) is 5.56 Å². The molecule has 0 aliphatic carbocycles. The van der Waals surface area contributed by atoms with Crippen molar-refractivity contribution in [2.75, 3.05) is 0 Å². The Balaban J connectivity index is 2.35. The van der Waals surface area contributed by atoms with E-state index in [1.807, 2.05) is 6.07 Å². The standard InChI is InChI=1S/C12H6ClFN2O/c13-9-5-10(14)12(16-7-9)17-11-4-2-1-3-8(11)6-15/h1-5,7H. The highest BCUT2D eigenvalue weighted by Gasteiger charge is 2.09. The zero-order chi connectivity index (χ0) is 12.3. The van der Waals surface area contributed by atoms with Crippen LogP contribution in [0.25, 0.3) is 0 Å². The normalized spacial score (nSPS) is 9.71. The summed E-state index contributed by atoms with van der Waals surface area (Å²) in [7, 11) is 0. The molecule has 0 saturated heterocycles. The fourth-order valence-corrected chi connectivity index (χ4v) is 1.37. The Morgan fingerprint density at radius 3 is 2.82 bits per heavy atom. The first-order valence-corrected chi connectivity index (χ1v) is 5.06. The molecule has 0 fully saturated rings. The van der Waals surface area contributed by atoms with Crippen LogP contribution in [0, 0.1) is 17.1 Å². The molecular formula is C12H6ClFN2O. The minimum Gasteiger partial charge on any atom is -0.435 e. The van der Waals surface area contributed by atoms with Crippen LogP contribution in [0.4, 0.5) is 4.39 Å². The molecule has 3 nitrogen and oxygen atoms in total. The summed E-state index contributed by atoms with van der Waals surface area (Å²) in [6.45, 7) is 0. The fraction of sp³-hybridized carbons (Fsp3) is 0. The van der Waals surface area contributed by atoms with Crippen molar-refractivity contribution >= 4 is 11.6 Å². The highest BCUT2D eigenvalue weighted by molar-refractivity contribution is 6.30. The van der Waals surface area contributed by atoms with E-state index in [0.29, 0.717) is 5.56 Å². The Morgan fingerprint density at radius 2 is 2.12 bits per heavy atom. The summed E-state index contributed by atoms with van der Waals surface area (Å²) in [4.78, 5) is 3.71. The lowest BCUT2D eigenvalue weighted by Crippen LogP contribution is -1.93. The van der Waals surface area contributed by atoms with E-state index in [1.54, 1.807) is 24.3 Å². The van der Waals surface area contributed by atoms with E-state index in [9.17, 15) is 4.39 Å². The Bertz CT molecular complexity index is 595. The fourth-order valence-electron chi connectivity index (χ4n) is 1.23. The molecule has 0 aliphatic heterocycles. The van der Waals surface area contributed by atoms with Crippen molar-refractivity contribution in [2.24, 2.45) is 0 Å². The van der Waals surface area contributed by atoms with Gasteiger partial charge in [0.05, 0.1) is 10.6 Å². The van der Waals surface area contributed by atoms with Crippen molar-refractivity contribution < 1.29 is 9.13 Å². The molecule has 0 aliphatic rings. The van der Waals surface area contributed by atoms with E-state index in [-0.39, 0.29) is 16.7 Å². The van der Waals surface area contributed by atoms with Crippen molar-refractivity contribution in [3.05, 3.63) is 52.9 Å². The van der Waals surface area contributed by atoms with E-state index in [0.717, 1.165) is 6.07 Å². The van der Waals surface area contributed by atoms with Gasteiger partial charge < -0.3 is 4.74 Å². The van der Waals surface area contributed by atoms with Gasteiger partial charge in [0, 0.05) is 6.20 Å². The maximum absolute atomic E-state index is 13.4. The molecule has 0 unspecified atom stereocenters. The van der Waals surface area contributed by atoms with Crippen molar-refractivity contribution in [1.82, 2.24) is 4.98 Å². The number of hydrogen-bond acceptors (Lipinski definition) is 3. The summed E-state index contributed by atoms with van der Waals surface area (Å²) in [5, 5.41) is 9.03. The number of nitriles is 1. The highest BCUT2D eigenvalue weighted by atomic mass is 35.5. The van der Waals surface area contributed by atoms with Gasteiger partial charge in [-0.25, -0.2) is 9.37 Å². The molecule has 1 heterocycles. The lowest BCUT2D eigenvalue weighted by molar-refractivity contribution is 0.422. The number of hydrogen-bond donors (Lipinski definition) is 0. The zero-order valence-corrected chi connectivity index (χ0v) is 9.28. The summed E-state index contributed by atoms with van der Waals surface area (Å²) in [6, 6.07) is 9.55. The van der Waals surface area contributed by atoms with Crippen LogP contribution in [0.15, 0.2) is 36.5 Å². The molecule has 1 aromatic carbocycles. The first-order chi connectivity index (χ1) is 8.20. The number of benzene rings is 1. The molecule has 0 spiro atoms. The molecule has 0 bridgehead atoms. The highest BCUT2D eigenvalue weighted by Crippen LogP contribution is 2.26. The van der Waals surface area contributed by atoms with E-state index in [4.69, 9.17) is 21.6 Å². The predicted molar refractivity (Wildman–Crippen MR) is 60.4 cm³/mol. The summed E-state index contributed by atoms with van der Waals surface area (Å²) in [5.74, 6) is -0.633. The maximum Gasteiger partial charge on any atom is 0.256 e. The van der Waals surface area contributed by atoms with Gasteiger partial charge >= 0.3 is 0 Å². The Kier molecular flexibility index (Phi) is 3.22. The van der Waals surface area contributed by atoms with Crippen LogP contribution in [0.5, 0.6) is 11.6 Å². The van der Waals surface area contributed by atoms with Crippen molar-refractivity contribution in [3.8, 4) is 17.7 Å². The molecule has 5 heteroatoms. The number of para-hydroxylation sites is 1. The second-order valence-electron chi connectivity index (χ2n) is 3.15. The van der Waals surface area contributed by atoms with Crippen molar-refractivity contribution in [1.29, 1.82) is 5.26 Å². The number of halogens is 2. The van der Waals surface area contributed by atoms with E-state index in [2.05, 4.69) is 4.98 Å². The average Bonchev–Trinajstić information content (AvgIpc) is 2.33. The van der Waals surface area contributed by atoms with Crippen LogP contribution < -0.4 is 4.74 Å². The van der Waals surface area contributed by atoms with Crippen LogP contribution >= 0.6 is 11.6 Å². The Morgan fingerprint density at radius 1 is 1.35 bits per heavy atom. The number of nitrogens with zero attached hydrogens (tertiary/aromatic N) is 2. The topological polar surface area (TPSA) is 45.9 Å². The van der Waals surface area contributed by atoms with Crippen LogP contribution in [0.3, 0.4) is 0 Å². The molecule has 2 aromatic rings. The van der Waals surface area contributed by atoms with Gasteiger partial charge in [0.25, 0.3) is 5.88 Å². The van der Waals surface area contributed by atoms with Gasteiger partial charge in [0.2, 0.25) is 0 Å². The molecule has 0 amide bonds. The molecule has 0 atom stereocenters. The second-order valence-corrected chi connectivity index (χ2v) is 3.59. The first-order valence-electron chi connectivity index (χ1n) is 4.69. The molecule has 0 saturated carbocycles. The van der Waals surface area contributed by atoms with Crippen LogP contribution in [-0.4, -0.2) is 4.98 Å². The predicted octanol–water partition coefficient (Wildman–Crippen LogP) is 3.54. The molecule has 1 aromatic heterocycles. The van der Waals surface area contributed by atoms with Crippen molar-refractivity contribution in [2.45, 2.75) is 0 Å².